The molecule has 1 amide bonds. The molecule has 3 aliphatic rings. The van der Waals surface area contributed by atoms with Crippen molar-refractivity contribution in [3.05, 3.63) is 53.7 Å². The molecule has 0 spiro atoms. The number of carboxylic acid groups (broad SMARTS) is 1. The zero-order valence-electron chi connectivity index (χ0n) is 24.0. The van der Waals surface area contributed by atoms with E-state index in [9.17, 15) is 9.90 Å². The molecule has 3 aliphatic heterocycles. The fourth-order valence-electron chi connectivity index (χ4n) is 6.57. The van der Waals surface area contributed by atoms with Crippen LogP contribution in [0.3, 0.4) is 0 Å². The summed E-state index contributed by atoms with van der Waals surface area (Å²) in [5, 5.41) is 12.3. The molecule has 0 bridgehead atoms. The first kappa shape index (κ1) is 27.5. The average molecular weight is 561 g/mol. The monoisotopic (exact) mass is 560 g/mol. The molecule has 6 rings (SSSR count). The van der Waals surface area contributed by atoms with E-state index in [1.807, 2.05) is 0 Å². The quantitative estimate of drug-likeness (QED) is 0.441. The maximum atomic E-state index is 12.0. The molecule has 2 saturated heterocycles. The highest BCUT2D eigenvalue weighted by Crippen LogP contribution is 2.35. The van der Waals surface area contributed by atoms with Gasteiger partial charge in [-0.1, -0.05) is 36.4 Å². The van der Waals surface area contributed by atoms with Crippen LogP contribution in [0.15, 0.2) is 42.5 Å². The number of hydrogen-bond donors (Lipinski definition) is 1. The van der Waals surface area contributed by atoms with Crippen molar-refractivity contribution in [2.24, 2.45) is 0 Å². The molecule has 10 nitrogen and oxygen atoms in total. The third-order valence-electron chi connectivity index (χ3n) is 8.89. The first-order chi connectivity index (χ1) is 20.0. The number of likely N-dealkylation sites (tertiary alicyclic amines) is 1. The Kier molecular flexibility index (Phi) is 8.11. The fraction of sp³-hybridized carbons (Fsp3) is 0.516. The van der Waals surface area contributed by atoms with Gasteiger partial charge in [-0.15, -0.1) is 0 Å². The van der Waals surface area contributed by atoms with Gasteiger partial charge in [-0.05, 0) is 50.7 Å². The summed E-state index contributed by atoms with van der Waals surface area (Å²) in [6.07, 6.45) is 2.85. The Bertz CT molecular complexity index is 1380. The molecule has 218 valence electrons. The number of likely N-dealkylation sites (N-methyl/N-ethyl adjacent to an activating group) is 1. The van der Waals surface area contributed by atoms with Crippen LogP contribution in [0.25, 0.3) is 10.8 Å². The smallest absolute Gasteiger partial charge is 0.407 e. The van der Waals surface area contributed by atoms with Crippen LogP contribution in [0.4, 0.5) is 16.3 Å². The van der Waals surface area contributed by atoms with Crippen molar-refractivity contribution in [1.29, 1.82) is 0 Å². The third kappa shape index (κ3) is 5.76. The molecule has 0 aliphatic carbocycles. The molecule has 4 heterocycles. The van der Waals surface area contributed by atoms with Crippen molar-refractivity contribution in [3.63, 3.8) is 0 Å². The minimum atomic E-state index is -0.883. The Morgan fingerprint density at radius 2 is 1.88 bits per heavy atom. The number of amides is 1. The zero-order chi connectivity index (χ0) is 28.3. The van der Waals surface area contributed by atoms with Crippen molar-refractivity contribution < 1.29 is 19.4 Å². The van der Waals surface area contributed by atoms with Gasteiger partial charge in [0.25, 0.3) is 0 Å². The van der Waals surface area contributed by atoms with E-state index >= 15 is 0 Å². The predicted octanol–water partition coefficient (Wildman–Crippen LogP) is 3.87. The van der Waals surface area contributed by atoms with Crippen LogP contribution in [0.5, 0.6) is 6.01 Å². The molecule has 1 N–H and O–H groups in total. The number of carbonyl (C=O) groups is 1. The van der Waals surface area contributed by atoms with Crippen LogP contribution >= 0.6 is 0 Å². The SMILES string of the molecule is COCC[C@H]1CN(c2nc(OC[C@@H]3CCCN3C)nc3c2CCN(c2cccc4ccccc24)C3)CCN1C(=O)O. The van der Waals surface area contributed by atoms with E-state index in [-0.39, 0.29) is 6.04 Å². The summed E-state index contributed by atoms with van der Waals surface area (Å²) < 4.78 is 11.6. The van der Waals surface area contributed by atoms with Crippen LogP contribution in [0.1, 0.15) is 30.5 Å². The van der Waals surface area contributed by atoms with Gasteiger partial charge in [0.1, 0.15) is 12.4 Å². The van der Waals surface area contributed by atoms with Gasteiger partial charge in [0.15, 0.2) is 0 Å². The summed E-state index contributed by atoms with van der Waals surface area (Å²) in [5.41, 5.74) is 3.33. The van der Waals surface area contributed by atoms with Crippen molar-refractivity contribution in [2.45, 2.75) is 44.3 Å². The van der Waals surface area contributed by atoms with Gasteiger partial charge in [0, 0.05) is 62.6 Å². The number of anilines is 2. The van der Waals surface area contributed by atoms with E-state index in [0.717, 1.165) is 43.0 Å². The molecule has 0 radical (unpaired) electrons. The second-order valence-corrected chi connectivity index (χ2v) is 11.4. The molecule has 10 heteroatoms. The van der Waals surface area contributed by atoms with Gasteiger partial charge >= 0.3 is 12.1 Å². The summed E-state index contributed by atoms with van der Waals surface area (Å²) in [6.45, 7) is 5.24. The molecule has 2 aromatic carbocycles. The number of hydrogen-bond acceptors (Lipinski definition) is 8. The van der Waals surface area contributed by atoms with Crippen LogP contribution < -0.4 is 14.5 Å². The van der Waals surface area contributed by atoms with E-state index in [0.29, 0.717) is 57.9 Å². The van der Waals surface area contributed by atoms with Crippen LogP contribution in [0.2, 0.25) is 0 Å². The van der Waals surface area contributed by atoms with E-state index < -0.39 is 6.09 Å². The normalized spacial score (nSPS) is 21.4. The summed E-state index contributed by atoms with van der Waals surface area (Å²) in [4.78, 5) is 30.5. The summed E-state index contributed by atoms with van der Waals surface area (Å²) in [5.74, 6) is 0.884. The van der Waals surface area contributed by atoms with Gasteiger partial charge in [0.2, 0.25) is 0 Å². The van der Waals surface area contributed by atoms with Crippen LogP contribution in [-0.4, -0.2) is 103 Å². The lowest BCUT2D eigenvalue weighted by Crippen LogP contribution is -2.55. The maximum absolute atomic E-state index is 12.0. The number of rotatable bonds is 8. The molecule has 3 aromatic rings. The number of aromatic nitrogens is 2. The minimum Gasteiger partial charge on any atom is -0.465 e. The van der Waals surface area contributed by atoms with Gasteiger partial charge < -0.3 is 34.2 Å². The number of methoxy groups -OCH3 is 1. The van der Waals surface area contributed by atoms with Crippen molar-refractivity contribution >= 4 is 28.4 Å². The molecule has 2 fully saturated rings. The average Bonchev–Trinajstić information content (AvgIpc) is 3.42. The Morgan fingerprint density at radius 1 is 1.02 bits per heavy atom. The molecule has 0 unspecified atom stereocenters. The Balaban J connectivity index is 1.32. The fourth-order valence-corrected chi connectivity index (χ4v) is 6.57. The molecule has 1 aromatic heterocycles. The maximum Gasteiger partial charge on any atom is 0.407 e. The van der Waals surface area contributed by atoms with E-state index in [2.05, 4.69) is 64.2 Å². The van der Waals surface area contributed by atoms with E-state index in [1.54, 1.807) is 12.0 Å². The second kappa shape index (κ2) is 12.1. The van der Waals surface area contributed by atoms with Gasteiger partial charge in [0.05, 0.1) is 18.3 Å². The lowest BCUT2D eigenvalue weighted by atomic mass is 10.0. The summed E-state index contributed by atoms with van der Waals surface area (Å²) in [6, 6.07) is 15.6. The Morgan fingerprint density at radius 3 is 2.68 bits per heavy atom. The molecular formula is C31H40N6O4. The first-order valence-electron chi connectivity index (χ1n) is 14.7. The number of piperazine rings is 1. The van der Waals surface area contributed by atoms with Gasteiger partial charge in [-0.25, -0.2) is 4.79 Å². The number of nitrogens with zero attached hydrogens (tertiary/aromatic N) is 6. The molecule has 0 saturated carbocycles. The zero-order valence-corrected chi connectivity index (χ0v) is 24.0. The van der Waals surface area contributed by atoms with Crippen molar-refractivity contribution in [2.75, 3.05) is 69.9 Å². The highest BCUT2D eigenvalue weighted by Gasteiger charge is 2.34. The summed E-state index contributed by atoms with van der Waals surface area (Å²) in [7, 11) is 3.80. The minimum absolute atomic E-state index is 0.168. The third-order valence-corrected chi connectivity index (χ3v) is 8.89. The van der Waals surface area contributed by atoms with E-state index in [1.165, 1.54) is 22.9 Å². The summed E-state index contributed by atoms with van der Waals surface area (Å²) >= 11 is 0. The van der Waals surface area contributed by atoms with Crippen LogP contribution in [-0.2, 0) is 17.7 Å². The largest absolute Gasteiger partial charge is 0.465 e. The Hall–Kier alpha value is -3.63. The van der Waals surface area contributed by atoms with Crippen molar-refractivity contribution in [3.8, 4) is 6.01 Å². The molecule has 2 atom stereocenters. The number of fused-ring (bicyclic) bond motifs is 2. The predicted molar refractivity (Wildman–Crippen MR) is 159 cm³/mol. The highest BCUT2D eigenvalue weighted by molar-refractivity contribution is 5.94. The Labute approximate surface area is 241 Å². The first-order valence-corrected chi connectivity index (χ1v) is 14.7. The molecule has 41 heavy (non-hydrogen) atoms. The van der Waals surface area contributed by atoms with E-state index in [4.69, 9.17) is 19.4 Å². The van der Waals surface area contributed by atoms with Gasteiger partial charge in [-0.3, -0.25) is 0 Å². The lowest BCUT2D eigenvalue weighted by Gasteiger charge is -2.42. The lowest BCUT2D eigenvalue weighted by molar-refractivity contribution is 0.0988. The van der Waals surface area contributed by atoms with Crippen molar-refractivity contribution in [1.82, 2.24) is 19.8 Å². The number of ether oxygens (including phenoxy) is 2. The topological polar surface area (TPSA) is 94.5 Å². The second-order valence-electron chi connectivity index (χ2n) is 11.4. The molecular weight excluding hydrogens is 520 g/mol. The highest BCUT2D eigenvalue weighted by atomic mass is 16.5. The number of benzene rings is 2. The standard InChI is InChI=1S/C31H40N6O4/c1-34-14-6-9-24(34)21-41-30-32-27-20-35(28-11-5-8-22-7-3-4-10-25(22)28)15-12-26(27)29(33-30)36-16-17-37(31(38)39)23(19-36)13-18-40-2/h3-5,7-8,10-11,23-24H,6,9,12-21H2,1-2H3,(H,38,39)/t23-,24-/m0/s1. The van der Waals surface area contributed by atoms with Gasteiger partial charge in [-0.2, -0.15) is 9.97 Å². The van der Waals surface area contributed by atoms with Crippen LogP contribution in [0, 0.1) is 0 Å².